The molecule has 0 atom stereocenters. The van der Waals surface area contributed by atoms with Crippen molar-refractivity contribution >= 4 is 27.5 Å². The molecule has 0 unspecified atom stereocenters. The molecule has 0 aromatic heterocycles. The molecule has 3 rings (SSSR count). The summed E-state index contributed by atoms with van der Waals surface area (Å²) in [5.74, 6) is 0.623. The summed E-state index contributed by atoms with van der Waals surface area (Å²) in [6.45, 7) is 4.56. The molecule has 0 spiro atoms. The van der Waals surface area contributed by atoms with Crippen molar-refractivity contribution < 1.29 is 9.53 Å². The van der Waals surface area contributed by atoms with Crippen molar-refractivity contribution in [3.8, 4) is 5.75 Å². The lowest BCUT2D eigenvalue weighted by molar-refractivity contribution is 0.102. The summed E-state index contributed by atoms with van der Waals surface area (Å²) in [6, 6.07) is 11.6. The fraction of sp³-hybridized carbons (Fsp3) is 0.350. The molecule has 0 radical (unpaired) electrons. The van der Waals surface area contributed by atoms with Crippen LogP contribution in [0, 0.1) is 0 Å². The van der Waals surface area contributed by atoms with Gasteiger partial charge in [0.25, 0.3) is 5.91 Å². The van der Waals surface area contributed by atoms with E-state index in [1.165, 1.54) is 17.5 Å². The molecule has 1 N–H and O–H groups in total. The lowest BCUT2D eigenvalue weighted by Gasteiger charge is -2.15. The number of rotatable bonds is 4. The highest BCUT2D eigenvalue weighted by Crippen LogP contribution is 2.27. The molecule has 5 heteroatoms. The van der Waals surface area contributed by atoms with Crippen LogP contribution in [0.4, 0.5) is 5.69 Å². The number of amides is 1. The van der Waals surface area contributed by atoms with E-state index < -0.39 is 0 Å². The Morgan fingerprint density at radius 1 is 1.24 bits per heavy atom. The van der Waals surface area contributed by atoms with Gasteiger partial charge in [-0.2, -0.15) is 0 Å². The molecule has 132 valence electrons. The van der Waals surface area contributed by atoms with Gasteiger partial charge in [0.05, 0.1) is 11.1 Å². The van der Waals surface area contributed by atoms with Crippen LogP contribution in [0.1, 0.15) is 34.8 Å². The van der Waals surface area contributed by atoms with E-state index in [0.29, 0.717) is 12.2 Å². The predicted octanol–water partition coefficient (Wildman–Crippen LogP) is 4.48. The summed E-state index contributed by atoms with van der Waals surface area (Å²) in [4.78, 5) is 14.9. The molecule has 0 fully saturated rings. The molecule has 0 saturated heterocycles. The number of nitrogens with zero attached hydrogens (tertiary/aromatic N) is 1. The van der Waals surface area contributed by atoms with Crippen LogP contribution in [0.25, 0.3) is 0 Å². The second kappa shape index (κ2) is 8.02. The number of anilines is 1. The molecule has 1 aliphatic heterocycles. The van der Waals surface area contributed by atoms with Crippen molar-refractivity contribution in [3.05, 3.63) is 57.6 Å². The summed E-state index contributed by atoms with van der Waals surface area (Å²) < 4.78 is 6.27. The topological polar surface area (TPSA) is 41.6 Å². The third kappa shape index (κ3) is 4.41. The Balaban J connectivity index is 1.76. The van der Waals surface area contributed by atoms with Crippen LogP contribution < -0.4 is 10.1 Å². The fourth-order valence-corrected chi connectivity index (χ4v) is 3.62. The second-order valence-electron chi connectivity index (χ2n) is 6.36. The van der Waals surface area contributed by atoms with Crippen molar-refractivity contribution in [1.82, 2.24) is 4.90 Å². The lowest BCUT2D eigenvalue weighted by Crippen LogP contribution is -2.17. The zero-order chi connectivity index (χ0) is 17.8. The van der Waals surface area contributed by atoms with E-state index in [9.17, 15) is 4.79 Å². The van der Waals surface area contributed by atoms with Gasteiger partial charge in [-0.1, -0.05) is 6.07 Å². The Kier molecular flexibility index (Phi) is 5.76. The number of fused-ring (bicyclic) bond motifs is 1. The van der Waals surface area contributed by atoms with Gasteiger partial charge in [-0.05, 0) is 90.7 Å². The maximum atomic E-state index is 12.6. The predicted molar refractivity (Wildman–Crippen MR) is 104 cm³/mol. The highest BCUT2D eigenvalue weighted by atomic mass is 79.9. The largest absolute Gasteiger partial charge is 0.493 e. The average molecular weight is 403 g/mol. The molecule has 0 saturated carbocycles. The van der Waals surface area contributed by atoms with Crippen LogP contribution in [0.15, 0.2) is 40.9 Å². The van der Waals surface area contributed by atoms with E-state index >= 15 is 0 Å². The Hall–Kier alpha value is -1.85. The molecule has 2 aromatic rings. The van der Waals surface area contributed by atoms with Crippen LogP contribution in [-0.4, -0.2) is 31.0 Å². The van der Waals surface area contributed by atoms with Gasteiger partial charge in [0.1, 0.15) is 5.75 Å². The minimum Gasteiger partial charge on any atom is -0.493 e. The normalized spacial score (nSPS) is 14.5. The third-order valence-corrected chi connectivity index (χ3v) is 5.00. The Morgan fingerprint density at radius 3 is 2.84 bits per heavy atom. The van der Waals surface area contributed by atoms with Crippen molar-refractivity contribution in [1.29, 1.82) is 0 Å². The zero-order valence-electron chi connectivity index (χ0n) is 14.6. The molecular weight excluding hydrogens is 380 g/mol. The quantitative estimate of drug-likeness (QED) is 0.819. The van der Waals surface area contributed by atoms with Crippen molar-refractivity contribution in [3.63, 3.8) is 0 Å². The number of hydrogen-bond donors (Lipinski definition) is 1. The smallest absolute Gasteiger partial charge is 0.255 e. The first-order valence-electron chi connectivity index (χ1n) is 8.61. The lowest BCUT2D eigenvalue weighted by atomic mass is 10.0. The van der Waals surface area contributed by atoms with Crippen LogP contribution >= 0.6 is 15.9 Å². The minimum absolute atomic E-state index is 0.120. The molecule has 1 aliphatic rings. The number of aryl methyl sites for hydroxylation is 1. The number of halogens is 1. The Morgan fingerprint density at radius 2 is 2.08 bits per heavy atom. The summed E-state index contributed by atoms with van der Waals surface area (Å²) in [6.07, 6.45) is 2.27. The summed E-state index contributed by atoms with van der Waals surface area (Å²) in [5, 5.41) is 3.00. The first-order valence-corrected chi connectivity index (χ1v) is 9.40. The van der Waals surface area contributed by atoms with Crippen LogP contribution in [0.2, 0.25) is 0 Å². The van der Waals surface area contributed by atoms with Crippen molar-refractivity contribution in [2.45, 2.75) is 26.3 Å². The maximum Gasteiger partial charge on any atom is 0.255 e. The monoisotopic (exact) mass is 402 g/mol. The molecule has 0 bridgehead atoms. The third-order valence-electron chi connectivity index (χ3n) is 4.38. The summed E-state index contributed by atoms with van der Waals surface area (Å²) in [5.41, 5.74) is 4.11. The standard InChI is InChI=1S/C20H23BrN2O2/c1-3-25-19-9-7-15(12-18(19)21)20(24)22-17-8-6-14-5-4-10-23(2)13-16(14)11-17/h6-9,11-12H,3-5,10,13H2,1-2H3,(H,22,24). The van der Waals surface area contributed by atoms with Crippen LogP contribution in [0.3, 0.4) is 0 Å². The van der Waals surface area contributed by atoms with E-state index in [1.54, 1.807) is 12.1 Å². The number of carbonyl (C=O) groups is 1. The van der Waals surface area contributed by atoms with Gasteiger partial charge < -0.3 is 15.0 Å². The van der Waals surface area contributed by atoms with Gasteiger partial charge in [0, 0.05) is 17.8 Å². The van der Waals surface area contributed by atoms with E-state index in [-0.39, 0.29) is 5.91 Å². The Labute approximate surface area is 157 Å². The van der Waals surface area contributed by atoms with Crippen LogP contribution in [0.5, 0.6) is 5.75 Å². The molecule has 25 heavy (non-hydrogen) atoms. The molecular formula is C20H23BrN2O2. The highest BCUT2D eigenvalue weighted by Gasteiger charge is 2.14. The maximum absolute atomic E-state index is 12.6. The van der Waals surface area contributed by atoms with Gasteiger partial charge in [-0.3, -0.25) is 4.79 Å². The van der Waals surface area contributed by atoms with Gasteiger partial charge in [-0.15, -0.1) is 0 Å². The number of hydrogen-bond acceptors (Lipinski definition) is 3. The number of ether oxygens (including phenoxy) is 1. The van der Waals surface area contributed by atoms with Gasteiger partial charge in [0.15, 0.2) is 0 Å². The first kappa shape index (κ1) is 18.0. The van der Waals surface area contributed by atoms with Crippen molar-refractivity contribution in [2.75, 3.05) is 25.5 Å². The van der Waals surface area contributed by atoms with E-state index in [4.69, 9.17) is 4.74 Å². The second-order valence-corrected chi connectivity index (χ2v) is 7.21. The number of nitrogens with one attached hydrogen (secondary N) is 1. The molecule has 2 aromatic carbocycles. The van der Waals surface area contributed by atoms with E-state index in [1.807, 2.05) is 19.1 Å². The molecule has 4 nitrogen and oxygen atoms in total. The molecule has 1 amide bonds. The fourth-order valence-electron chi connectivity index (χ4n) is 3.12. The molecule has 1 heterocycles. The highest BCUT2D eigenvalue weighted by molar-refractivity contribution is 9.10. The van der Waals surface area contributed by atoms with E-state index in [0.717, 1.165) is 35.4 Å². The minimum atomic E-state index is -0.120. The summed E-state index contributed by atoms with van der Waals surface area (Å²) >= 11 is 3.46. The Bertz CT molecular complexity index is 776. The van der Waals surface area contributed by atoms with Gasteiger partial charge >= 0.3 is 0 Å². The zero-order valence-corrected chi connectivity index (χ0v) is 16.2. The van der Waals surface area contributed by atoms with Crippen molar-refractivity contribution in [2.24, 2.45) is 0 Å². The SMILES string of the molecule is CCOc1ccc(C(=O)Nc2ccc3c(c2)CN(C)CCC3)cc1Br. The molecule has 0 aliphatic carbocycles. The van der Waals surface area contributed by atoms with Crippen LogP contribution in [-0.2, 0) is 13.0 Å². The number of benzene rings is 2. The van der Waals surface area contributed by atoms with E-state index in [2.05, 4.69) is 45.3 Å². The number of carbonyl (C=O) groups excluding carboxylic acids is 1. The summed E-state index contributed by atoms with van der Waals surface area (Å²) in [7, 11) is 2.14. The van der Waals surface area contributed by atoms with Gasteiger partial charge in [-0.25, -0.2) is 0 Å². The first-order chi connectivity index (χ1) is 12.1. The average Bonchev–Trinajstić information content (AvgIpc) is 2.77. The van der Waals surface area contributed by atoms with Gasteiger partial charge in [0.2, 0.25) is 0 Å².